The van der Waals surface area contributed by atoms with E-state index in [1.165, 1.54) is 16.9 Å². The van der Waals surface area contributed by atoms with Crippen LogP contribution in [0.5, 0.6) is 0 Å². The normalized spacial score (nSPS) is 10.9. The van der Waals surface area contributed by atoms with Gasteiger partial charge in [0, 0.05) is 0 Å². The zero-order chi connectivity index (χ0) is 12.5. The number of hydrogen-bond donors (Lipinski definition) is 0. The minimum Gasteiger partial charge on any atom is -0.294 e. The van der Waals surface area contributed by atoms with Gasteiger partial charge in [0.1, 0.15) is 4.83 Å². The van der Waals surface area contributed by atoms with Crippen LogP contribution in [0.25, 0.3) is 10.2 Å². The van der Waals surface area contributed by atoms with Crippen LogP contribution in [0.2, 0.25) is 0 Å². The molecule has 3 aromatic rings. The maximum absolute atomic E-state index is 12.2. The lowest BCUT2D eigenvalue weighted by Crippen LogP contribution is -2.20. The van der Waals surface area contributed by atoms with E-state index in [0.717, 1.165) is 10.4 Å². The molecule has 90 valence electrons. The second kappa shape index (κ2) is 4.38. The molecule has 18 heavy (non-hydrogen) atoms. The van der Waals surface area contributed by atoms with Crippen LogP contribution in [0.3, 0.4) is 0 Å². The fourth-order valence-corrected chi connectivity index (χ4v) is 2.62. The summed E-state index contributed by atoms with van der Waals surface area (Å²) in [5, 5.41) is 2.60. The number of fused-ring (bicyclic) bond motifs is 1. The average molecular weight is 256 g/mol. The number of nitrogens with zero attached hydrogens (tertiary/aromatic N) is 2. The Labute approximate surface area is 108 Å². The van der Waals surface area contributed by atoms with Crippen LogP contribution in [0.1, 0.15) is 11.1 Å². The van der Waals surface area contributed by atoms with Crippen LogP contribution >= 0.6 is 11.3 Å². The third-order valence-corrected chi connectivity index (χ3v) is 3.74. The lowest BCUT2D eigenvalue weighted by Gasteiger charge is -2.05. The minimum absolute atomic E-state index is 0.0295. The summed E-state index contributed by atoms with van der Waals surface area (Å²) in [6, 6.07) is 10.0. The molecule has 0 saturated carbocycles. The van der Waals surface area contributed by atoms with Gasteiger partial charge in [-0.1, -0.05) is 29.8 Å². The van der Waals surface area contributed by atoms with Crippen molar-refractivity contribution in [2.45, 2.75) is 13.5 Å². The molecule has 4 heteroatoms. The Kier molecular flexibility index (Phi) is 2.72. The summed E-state index contributed by atoms with van der Waals surface area (Å²) in [6.07, 6.45) is 1.63. The van der Waals surface area contributed by atoms with Crippen molar-refractivity contribution >= 4 is 21.6 Å². The predicted molar refractivity (Wildman–Crippen MR) is 74.2 cm³/mol. The highest BCUT2D eigenvalue weighted by Crippen LogP contribution is 2.13. The Morgan fingerprint density at radius 3 is 2.78 bits per heavy atom. The van der Waals surface area contributed by atoms with Crippen molar-refractivity contribution in [2.75, 3.05) is 0 Å². The maximum atomic E-state index is 12.2. The van der Waals surface area contributed by atoms with Crippen molar-refractivity contribution in [3.05, 3.63) is 63.5 Å². The van der Waals surface area contributed by atoms with Crippen LogP contribution in [-0.4, -0.2) is 9.55 Å². The van der Waals surface area contributed by atoms with E-state index in [9.17, 15) is 4.79 Å². The number of benzene rings is 1. The van der Waals surface area contributed by atoms with Gasteiger partial charge < -0.3 is 0 Å². The van der Waals surface area contributed by atoms with Gasteiger partial charge in [-0.2, -0.15) is 0 Å². The first-order valence-electron chi connectivity index (χ1n) is 5.72. The highest BCUT2D eigenvalue weighted by atomic mass is 32.1. The average Bonchev–Trinajstić information content (AvgIpc) is 2.84. The van der Waals surface area contributed by atoms with E-state index in [4.69, 9.17) is 0 Å². The number of aryl methyl sites for hydroxylation is 1. The van der Waals surface area contributed by atoms with Gasteiger partial charge in [-0.3, -0.25) is 9.36 Å². The molecule has 0 aliphatic carbocycles. The molecule has 0 aliphatic rings. The summed E-state index contributed by atoms with van der Waals surface area (Å²) in [7, 11) is 0. The van der Waals surface area contributed by atoms with E-state index in [1.54, 1.807) is 10.9 Å². The minimum atomic E-state index is 0.0295. The summed E-state index contributed by atoms with van der Waals surface area (Å²) >= 11 is 1.49. The first-order valence-corrected chi connectivity index (χ1v) is 6.60. The lowest BCUT2D eigenvalue weighted by atomic mass is 10.1. The molecule has 0 spiro atoms. The molecule has 3 rings (SSSR count). The molecule has 3 nitrogen and oxygen atoms in total. The summed E-state index contributed by atoms with van der Waals surface area (Å²) in [4.78, 5) is 17.3. The number of thiophene rings is 1. The van der Waals surface area contributed by atoms with E-state index in [1.807, 2.05) is 23.6 Å². The Bertz CT molecular complexity index is 740. The Hall–Kier alpha value is -1.94. The van der Waals surface area contributed by atoms with Crippen molar-refractivity contribution < 1.29 is 0 Å². The summed E-state index contributed by atoms with van der Waals surface area (Å²) < 4.78 is 1.65. The summed E-state index contributed by atoms with van der Waals surface area (Å²) in [5.41, 5.74) is 2.36. The Balaban J connectivity index is 2.02. The van der Waals surface area contributed by atoms with Gasteiger partial charge in [-0.25, -0.2) is 4.98 Å². The first kappa shape index (κ1) is 11.2. The fourth-order valence-electron chi connectivity index (χ4n) is 1.90. The molecule has 0 radical (unpaired) electrons. The van der Waals surface area contributed by atoms with E-state index in [2.05, 4.69) is 24.0 Å². The van der Waals surface area contributed by atoms with Crippen molar-refractivity contribution in [1.82, 2.24) is 9.55 Å². The monoisotopic (exact) mass is 256 g/mol. The topological polar surface area (TPSA) is 34.9 Å². The second-order valence-corrected chi connectivity index (χ2v) is 5.20. The SMILES string of the molecule is Cc1ccc(Cn2cnc3sccc3c2=O)cc1. The highest BCUT2D eigenvalue weighted by molar-refractivity contribution is 7.16. The highest BCUT2D eigenvalue weighted by Gasteiger charge is 2.05. The zero-order valence-corrected chi connectivity index (χ0v) is 10.8. The molecule has 0 bridgehead atoms. The van der Waals surface area contributed by atoms with E-state index >= 15 is 0 Å². The zero-order valence-electron chi connectivity index (χ0n) is 9.96. The molecule has 2 aromatic heterocycles. The van der Waals surface area contributed by atoms with Gasteiger partial charge >= 0.3 is 0 Å². The van der Waals surface area contributed by atoms with Crippen LogP contribution < -0.4 is 5.56 Å². The van der Waals surface area contributed by atoms with Crippen LogP contribution in [0, 0.1) is 6.92 Å². The van der Waals surface area contributed by atoms with Crippen LogP contribution in [0.15, 0.2) is 46.8 Å². The Morgan fingerprint density at radius 1 is 1.22 bits per heavy atom. The standard InChI is InChI=1S/C14H12N2OS/c1-10-2-4-11(5-3-10)8-16-9-15-13-12(14(16)17)6-7-18-13/h2-7,9H,8H2,1H3. The van der Waals surface area contributed by atoms with Crippen molar-refractivity contribution in [1.29, 1.82) is 0 Å². The third-order valence-electron chi connectivity index (χ3n) is 2.92. The molecule has 1 aromatic carbocycles. The summed E-state index contributed by atoms with van der Waals surface area (Å²) in [5.74, 6) is 0. The third kappa shape index (κ3) is 1.95. The van der Waals surface area contributed by atoms with Crippen LogP contribution in [-0.2, 0) is 6.54 Å². The van der Waals surface area contributed by atoms with Gasteiger partial charge in [0.25, 0.3) is 5.56 Å². The molecule has 0 N–H and O–H groups in total. The van der Waals surface area contributed by atoms with Gasteiger partial charge in [0.05, 0.1) is 18.3 Å². The molecular weight excluding hydrogens is 244 g/mol. The van der Waals surface area contributed by atoms with Crippen molar-refractivity contribution in [2.24, 2.45) is 0 Å². The second-order valence-electron chi connectivity index (χ2n) is 4.30. The van der Waals surface area contributed by atoms with E-state index < -0.39 is 0 Å². The van der Waals surface area contributed by atoms with Gasteiger partial charge in [-0.15, -0.1) is 11.3 Å². The van der Waals surface area contributed by atoms with Gasteiger partial charge in [0.2, 0.25) is 0 Å². The van der Waals surface area contributed by atoms with Gasteiger partial charge in [-0.05, 0) is 23.9 Å². The fraction of sp³-hybridized carbons (Fsp3) is 0.143. The van der Waals surface area contributed by atoms with Crippen molar-refractivity contribution in [3.63, 3.8) is 0 Å². The van der Waals surface area contributed by atoms with Gasteiger partial charge in [0.15, 0.2) is 0 Å². The number of rotatable bonds is 2. The van der Waals surface area contributed by atoms with E-state index in [-0.39, 0.29) is 5.56 Å². The molecule has 0 aliphatic heterocycles. The lowest BCUT2D eigenvalue weighted by molar-refractivity contribution is 0.749. The Morgan fingerprint density at radius 2 is 2.00 bits per heavy atom. The first-order chi connectivity index (χ1) is 8.74. The number of hydrogen-bond acceptors (Lipinski definition) is 3. The summed E-state index contributed by atoms with van der Waals surface area (Å²) in [6.45, 7) is 2.62. The molecule has 0 saturated heterocycles. The molecule has 0 atom stereocenters. The molecule has 0 fully saturated rings. The number of aromatic nitrogens is 2. The molecule has 0 unspecified atom stereocenters. The smallest absolute Gasteiger partial charge is 0.262 e. The predicted octanol–water partition coefficient (Wildman–Crippen LogP) is 2.81. The van der Waals surface area contributed by atoms with Crippen molar-refractivity contribution in [3.8, 4) is 0 Å². The van der Waals surface area contributed by atoms with E-state index in [0.29, 0.717) is 11.9 Å². The van der Waals surface area contributed by atoms with Crippen LogP contribution in [0.4, 0.5) is 0 Å². The maximum Gasteiger partial charge on any atom is 0.262 e. The molecule has 0 amide bonds. The molecular formula is C14H12N2OS. The molecule has 2 heterocycles. The quantitative estimate of drug-likeness (QED) is 0.706. The largest absolute Gasteiger partial charge is 0.294 e.